The number of piperazine rings is 1. The van der Waals surface area contributed by atoms with Gasteiger partial charge in [0.2, 0.25) is 5.91 Å². The molecule has 0 bridgehead atoms. The molecule has 1 heterocycles. The van der Waals surface area contributed by atoms with Crippen molar-refractivity contribution in [3.8, 4) is 5.75 Å². The molecule has 126 valence electrons. The number of hydrogen-bond donors (Lipinski definition) is 0. The van der Waals surface area contributed by atoms with E-state index in [1.807, 2.05) is 23.1 Å². The Hall–Kier alpha value is -1.55. The summed E-state index contributed by atoms with van der Waals surface area (Å²) >= 11 is 0. The predicted molar refractivity (Wildman–Crippen MR) is 91.7 cm³/mol. The highest BCUT2D eigenvalue weighted by Gasteiger charge is 2.33. The lowest BCUT2D eigenvalue weighted by Gasteiger charge is -2.38. The zero-order chi connectivity index (χ0) is 16.2. The molecule has 1 saturated heterocycles. The van der Waals surface area contributed by atoms with Gasteiger partial charge in [-0.1, -0.05) is 12.1 Å². The molecule has 1 amide bonds. The van der Waals surface area contributed by atoms with Gasteiger partial charge in [-0.2, -0.15) is 0 Å². The van der Waals surface area contributed by atoms with Gasteiger partial charge in [-0.15, -0.1) is 0 Å². The fraction of sp³-hybridized carbons (Fsp3) is 0.632. The monoisotopic (exact) mass is 316 g/mol. The molecule has 4 nitrogen and oxygen atoms in total. The number of ether oxygens (including phenoxy) is 1. The molecule has 1 unspecified atom stereocenters. The van der Waals surface area contributed by atoms with E-state index in [-0.39, 0.29) is 5.91 Å². The van der Waals surface area contributed by atoms with E-state index in [0.29, 0.717) is 12.5 Å². The van der Waals surface area contributed by atoms with Gasteiger partial charge in [0.25, 0.3) is 0 Å². The first-order valence-corrected chi connectivity index (χ1v) is 8.82. The molecule has 23 heavy (non-hydrogen) atoms. The maximum atomic E-state index is 12.4. The summed E-state index contributed by atoms with van der Waals surface area (Å²) in [5, 5.41) is 0. The van der Waals surface area contributed by atoms with Crippen molar-refractivity contribution in [1.82, 2.24) is 9.80 Å². The minimum atomic E-state index is 0.284. The number of benzene rings is 1. The first kappa shape index (κ1) is 16.3. The van der Waals surface area contributed by atoms with Crippen LogP contribution in [0, 0.1) is 5.92 Å². The number of methoxy groups -OCH3 is 1. The first-order chi connectivity index (χ1) is 11.2. The van der Waals surface area contributed by atoms with E-state index in [0.717, 1.165) is 44.3 Å². The lowest BCUT2D eigenvalue weighted by molar-refractivity contribution is -0.133. The topological polar surface area (TPSA) is 32.8 Å². The third-order valence-electron chi connectivity index (χ3n) is 5.31. The van der Waals surface area contributed by atoms with Crippen molar-refractivity contribution in [3.63, 3.8) is 0 Å². The highest BCUT2D eigenvalue weighted by molar-refractivity contribution is 5.76. The van der Waals surface area contributed by atoms with E-state index >= 15 is 0 Å². The maximum absolute atomic E-state index is 12.4. The Bertz CT molecular complexity index is 534. The fourth-order valence-electron chi connectivity index (χ4n) is 3.49. The zero-order valence-electron chi connectivity index (χ0n) is 14.3. The average molecular weight is 316 g/mol. The quantitative estimate of drug-likeness (QED) is 0.809. The molecule has 1 aromatic carbocycles. The maximum Gasteiger partial charge on any atom is 0.222 e. The van der Waals surface area contributed by atoms with Crippen LogP contribution < -0.4 is 4.74 Å². The average Bonchev–Trinajstić information content (AvgIpc) is 3.44. The van der Waals surface area contributed by atoms with Gasteiger partial charge in [0.15, 0.2) is 0 Å². The van der Waals surface area contributed by atoms with Gasteiger partial charge >= 0.3 is 0 Å². The third-order valence-corrected chi connectivity index (χ3v) is 5.31. The SMILES string of the molecule is COc1cccc(CCC(=O)N2CCN(C(C)C3CC3)CC2)c1. The largest absolute Gasteiger partial charge is 0.497 e. The molecule has 0 spiro atoms. The Morgan fingerprint density at radius 2 is 2.00 bits per heavy atom. The van der Waals surface area contributed by atoms with Crippen molar-refractivity contribution in [2.75, 3.05) is 33.3 Å². The molecule has 1 aliphatic heterocycles. The Balaban J connectivity index is 1.44. The van der Waals surface area contributed by atoms with Crippen LogP contribution in [0.5, 0.6) is 5.75 Å². The molecular weight excluding hydrogens is 288 g/mol. The van der Waals surface area contributed by atoms with Crippen molar-refractivity contribution in [1.29, 1.82) is 0 Å². The minimum absolute atomic E-state index is 0.284. The molecule has 3 rings (SSSR count). The van der Waals surface area contributed by atoms with E-state index in [9.17, 15) is 4.79 Å². The van der Waals surface area contributed by atoms with Crippen LogP contribution >= 0.6 is 0 Å². The Kier molecular flexibility index (Phi) is 5.21. The van der Waals surface area contributed by atoms with Gasteiger partial charge < -0.3 is 9.64 Å². The number of rotatable bonds is 6. The molecule has 0 radical (unpaired) electrons. The minimum Gasteiger partial charge on any atom is -0.497 e. The molecule has 0 aromatic heterocycles. The standard InChI is InChI=1S/C19H28N2O2/c1-15(17-7-8-17)20-10-12-21(13-11-20)19(22)9-6-16-4-3-5-18(14-16)23-2/h3-5,14-15,17H,6-13H2,1-2H3. The van der Waals surface area contributed by atoms with Gasteiger partial charge in [0, 0.05) is 38.6 Å². The molecule has 0 N–H and O–H groups in total. The van der Waals surface area contributed by atoms with Crippen molar-refractivity contribution in [3.05, 3.63) is 29.8 Å². The first-order valence-electron chi connectivity index (χ1n) is 8.82. The van der Waals surface area contributed by atoms with Crippen LogP contribution in [0.1, 0.15) is 31.7 Å². The normalized spacial score (nSPS) is 20.3. The third kappa shape index (κ3) is 4.25. The van der Waals surface area contributed by atoms with Gasteiger partial charge in [0.05, 0.1) is 7.11 Å². The van der Waals surface area contributed by atoms with Crippen LogP contribution in [-0.4, -0.2) is 55.0 Å². The highest BCUT2D eigenvalue weighted by atomic mass is 16.5. The molecule has 1 atom stereocenters. The zero-order valence-corrected chi connectivity index (χ0v) is 14.3. The lowest BCUT2D eigenvalue weighted by Crippen LogP contribution is -2.51. The lowest BCUT2D eigenvalue weighted by atomic mass is 10.1. The van der Waals surface area contributed by atoms with E-state index < -0.39 is 0 Å². The van der Waals surface area contributed by atoms with E-state index in [1.54, 1.807) is 7.11 Å². The molecule has 1 saturated carbocycles. The number of aryl methyl sites for hydroxylation is 1. The molecule has 4 heteroatoms. The van der Waals surface area contributed by atoms with Crippen molar-refractivity contribution >= 4 is 5.91 Å². The fourth-order valence-corrected chi connectivity index (χ4v) is 3.49. The summed E-state index contributed by atoms with van der Waals surface area (Å²) in [4.78, 5) is 17.0. The summed E-state index contributed by atoms with van der Waals surface area (Å²) in [6.45, 7) is 6.17. The van der Waals surface area contributed by atoms with Gasteiger partial charge in [-0.25, -0.2) is 0 Å². The predicted octanol–water partition coefficient (Wildman–Crippen LogP) is 2.57. The number of nitrogens with zero attached hydrogens (tertiary/aromatic N) is 2. The second-order valence-corrected chi connectivity index (χ2v) is 6.85. The summed E-state index contributed by atoms with van der Waals surface area (Å²) in [5.74, 6) is 2.05. The van der Waals surface area contributed by atoms with E-state index in [1.165, 1.54) is 18.4 Å². The van der Waals surface area contributed by atoms with E-state index in [4.69, 9.17) is 4.74 Å². The number of carbonyl (C=O) groups excluding carboxylic acids is 1. The van der Waals surface area contributed by atoms with Gasteiger partial charge in [-0.05, 0) is 49.8 Å². The number of carbonyl (C=O) groups is 1. The smallest absolute Gasteiger partial charge is 0.222 e. The van der Waals surface area contributed by atoms with Crippen LogP contribution in [0.2, 0.25) is 0 Å². The van der Waals surface area contributed by atoms with Crippen LogP contribution in [0.25, 0.3) is 0 Å². The van der Waals surface area contributed by atoms with Gasteiger partial charge in [-0.3, -0.25) is 9.69 Å². The molecule has 2 aliphatic rings. The molecule has 2 fully saturated rings. The summed E-state index contributed by atoms with van der Waals surface area (Å²) in [5.41, 5.74) is 1.17. The number of hydrogen-bond acceptors (Lipinski definition) is 3. The second-order valence-electron chi connectivity index (χ2n) is 6.85. The summed E-state index contributed by atoms with van der Waals surface area (Å²) in [6, 6.07) is 8.69. The van der Waals surface area contributed by atoms with Crippen LogP contribution in [-0.2, 0) is 11.2 Å². The van der Waals surface area contributed by atoms with Crippen LogP contribution in [0.4, 0.5) is 0 Å². The summed E-state index contributed by atoms with van der Waals surface area (Å²) < 4.78 is 5.24. The molecular formula is C19H28N2O2. The van der Waals surface area contributed by atoms with Crippen molar-refractivity contribution < 1.29 is 9.53 Å². The van der Waals surface area contributed by atoms with Gasteiger partial charge in [0.1, 0.15) is 5.75 Å². The Morgan fingerprint density at radius 3 is 2.65 bits per heavy atom. The van der Waals surface area contributed by atoms with Crippen molar-refractivity contribution in [2.45, 2.75) is 38.6 Å². The second kappa shape index (κ2) is 7.35. The molecule has 1 aromatic rings. The van der Waals surface area contributed by atoms with Crippen LogP contribution in [0.15, 0.2) is 24.3 Å². The summed E-state index contributed by atoms with van der Waals surface area (Å²) in [7, 11) is 1.67. The van der Waals surface area contributed by atoms with Crippen LogP contribution in [0.3, 0.4) is 0 Å². The molecule has 1 aliphatic carbocycles. The summed E-state index contributed by atoms with van der Waals surface area (Å²) in [6.07, 6.45) is 4.15. The Morgan fingerprint density at radius 1 is 1.26 bits per heavy atom. The van der Waals surface area contributed by atoms with E-state index in [2.05, 4.69) is 17.9 Å². The van der Waals surface area contributed by atoms with Crippen molar-refractivity contribution in [2.24, 2.45) is 5.92 Å². The number of amides is 1. The Labute approximate surface area is 139 Å². The highest BCUT2D eigenvalue weighted by Crippen LogP contribution is 2.35.